The van der Waals surface area contributed by atoms with Crippen LogP contribution in [-0.4, -0.2) is 65.4 Å². The largest absolute Gasteiger partial charge is 0.497 e. The second kappa shape index (κ2) is 14.9. The first-order valence-electron chi connectivity index (χ1n) is 9.30. The van der Waals surface area contributed by atoms with Crippen molar-refractivity contribution in [1.29, 1.82) is 0 Å². The molecule has 0 aliphatic carbocycles. The highest BCUT2D eigenvalue weighted by molar-refractivity contribution is 14.0. The molecule has 0 spiro atoms. The van der Waals surface area contributed by atoms with E-state index in [-0.39, 0.29) is 30.0 Å². The molecule has 1 aromatic rings. The average Bonchev–Trinajstić information content (AvgIpc) is 2.62. The van der Waals surface area contributed by atoms with Crippen molar-refractivity contribution in [2.24, 2.45) is 10.9 Å². The molecule has 0 heterocycles. The van der Waals surface area contributed by atoms with E-state index in [4.69, 9.17) is 9.47 Å². The molecule has 1 unspecified atom stereocenters. The highest BCUT2D eigenvalue weighted by Gasteiger charge is 2.14. The van der Waals surface area contributed by atoms with Crippen molar-refractivity contribution in [1.82, 2.24) is 15.5 Å². The Morgan fingerprint density at radius 2 is 1.78 bits per heavy atom. The fourth-order valence-corrected chi connectivity index (χ4v) is 2.50. The number of methoxy groups -OCH3 is 1. The number of ether oxygens (including phenoxy) is 2. The number of halogens is 1. The number of nitrogens with zero attached hydrogens (tertiary/aromatic N) is 2. The summed E-state index contributed by atoms with van der Waals surface area (Å²) in [5.41, 5.74) is 1.23. The summed E-state index contributed by atoms with van der Waals surface area (Å²) < 4.78 is 10.9. The van der Waals surface area contributed by atoms with Crippen LogP contribution in [0, 0.1) is 5.92 Å². The van der Waals surface area contributed by atoms with Crippen molar-refractivity contribution in [2.45, 2.75) is 26.3 Å². The minimum absolute atomic E-state index is 0. The summed E-state index contributed by atoms with van der Waals surface area (Å²) in [6.45, 7) is 7.41. The molecule has 0 aliphatic rings. The lowest BCUT2D eigenvalue weighted by molar-refractivity contribution is 0.128. The molecule has 1 atom stereocenters. The van der Waals surface area contributed by atoms with Gasteiger partial charge < -0.3 is 25.0 Å². The molecule has 1 aromatic carbocycles. The van der Waals surface area contributed by atoms with E-state index in [2.05, 4.69) is 60.6 Å². The zero-order chi connectivity index (χ0) is 19.4. The molecular weight excluding hydrogens is 455 g/mol. The van der Waals surface area contributed by atoms with Gasteiger partial charge in [-0.2, -0.15) is 0 Å². The van der Waals surface area contributed by atoms with Crippen molar-refractivity contribution >= 4 is 29.9 Å². The molecule has 27 heavy (non-hydrogen) atoms. The van der Waals surface area contributed by atoms with Crippen molar-refractivity contribution in [2.75, 3.05) is 54.6 Å². The zero-order valence-electron chi connectivity index (χ0n) is 17.6. The Balaban J connectivity index is 0.00000676. The third-order valence-corrected chi connectivity index (χ3v) is 4.19. The van der Waals surface area contributed by atoms with Gasteiger partial charge in [0, 0.05) is 26.7 Å². The van der Waals surface area contributed by atoms with Gasteiger partial charge in [-0.3, -0.25) is 4.99 Å². The number of hydrogen-bond donors (Lipinski definition) is 2. The fourth-order valence-electron chi connectivity index (χ4n) is 2.50. The molecule has 156 valence electrons. The molecule has 0 fully saturated rings. The Morgan fingerprint density at radius 3 is 2.30 bits per heavy atom. The van der Waals surface area contributed by atoms with Crippen LogP contribution in [0.15, 0.2) is 29.3 Å². The summed E-state index contributed by atoms with van der Waals surface area (Å²) in [6.07, 6.45) is 1.10. The number of guanidine groups is 1. The quantitative estimate of drug-likeness (QED) is 0.215. The van der Waals surface area contributed by atoms with Crippen LogP contribution in [0.3, 0.4) is 0 Å². The van der Waals surface area contributed by atoms with Crippen LogP contribution in [0.1, 0.15) is 31.9 Å². The van der Waals surface area contributed by atoms with Crippen LogP contribution in [0.5, 0.6) is 5.75 Å². The summed E-state index contributed by atoms with van der Waals surface area (Å²) in [4.78, 5) is 6.48. The average molecular weight is 492 g/mol. The second-order valence-corrected chi connectivity index (χ2v) is 6.93. The van der Waals surface area contributed by atoms with Gasteiger partial charge in [0.25, 0.3) is 0 Å². The molecule has 0 bridgehead atoms. The van der Waals surface area contributed by atoms with Crippen LogP contribution in [0.25, 0.3) is 0 Å². The predicted octanol–water partition coefficient (Wildman–Crippen LogP) is 3.14. The monoisotopic (exact) mass is 492 g/mol. The van der Waals surface area contributed by atoms with E-state index in [0.29, 0.717) is 12.5 Å². The predicted molar refractivity (Wildman–Crippen MR) is 124 cm³/mol. The molecule has 2 N–H and O–H groups in total. The maximum atomic E-state index is 5.63. The number of likely N-dealkylation sites (N-methyl/N-ethyl adjacent to an activating group) is 1. The first kappa shape index (κ1) is 25.9. The van der Waals surface area contributed by atoms with Gasteiger partial charge in [0.15, 0.2) is 5.96 Å². The Hall–Kier alpha value is -1.06. The van der Waals surface area contributed by atoms with Crippen LogP contribution < -0.4 is 15.4 Å². The molecule has 0 radical (unpaired) electrons. The number of nitrogens with one attached hydrogen (secondary N) is 2. The van der Waals surface area contributed by atoms with E-state index < -0.39 is 0 Å². The summed E-state index contributed by atoms with van der Waals surface area (Å²) in [5.74, 6) is 2.34. The second-order valence-electron chi connectivity index (χ2n) is 6.93. The van der Waals surface area contributed by atoms with Gasteiger partial charge in [-0.1, -0.05) is 26.0 Å². The molecule has 1 rings (SSSR count). The summed E-state index contributed by atoms with van der Waals surface area (Å²) >= 11 is 0. The Morgan fingerprint density at radius 1 is 1.11 bits per heavy atom. The van der Waals surface area contributed by atoms with Crippen LogP contribution in [-0.2, 0) is 4.74 Å². The Bertz CT molecular complexity index is 521. The topological polar surface area (TPSA) is 58.1 Å². The van der Waals surface area contributed by atoms with Gasteiger partial charge in [-0.25, -0.2) is 0 Å². The molecule has 0 saturated carbocycles. The number of aliphatic imine (C=N–C) groups is 1. The molecule has 0 aliphatic heterocycles. The lowest BCUT2D eigenvalue weighted by Crippen LogP contribution is -2.42. The first-order chi connectivity index (χ1) is 12.5. The van der Waals surface area contributed by atoms with Crippen molar-refractivity contribution in [3.05, 3.63) is 29.8 Å². The highest BCUT2D eigenvalue weighted by Crippen LogP contribution is 2.20. The molecule has 7 heteroatoms. The fraction of sp³-hybridized carbons (Fsp3) is 0.650. The van der Waals surface area contributed by atoms with E-state index in [1.165, 1.54) is 5.56 Å². The SMILES string of the molecule is CN=C(NCCOCCC(C)C)NCC(c1ccc(OC)cc1)N(C)C.I. The lowest BCUT2D eigenvalue weighted by atomic mass is 10.1. The normalized spacial score (nSPS) is 12.7. The van der Waals surface area contributed by atoms with E-state index in [1.807, 2.05) is 12.1 Å². The van der Waals surface area contributed by atoms with Gasteiger partial charge in [0.05, 0.1) is 19.8 Å². The number of benzene rings is 1. The summed E-state index contributed by atoms with van der Waals surface area (Å²) in [6, 6.07) is 8.43. The Kier molecular flexibility index (Phi) is 14.3. The van der Waals surface area contributed by atoms with Gasteiger partial charge >= 0.3 is 0 Å². The van der Waals surface area contributed by atoms with Crippen LogP contribution in [0.4, 0.5) is 0 Å². The maximum Gasteiger partial charge on any atom is 0.191 e. The van der Waals surface area contributed by atoms with Crippen molar-refractivity contribution in [3.8, 4) is 5.75 Å². The number of rotatable bonds is 11. The highest BCUT2D eigenvalue weighted by atomic mass is 127. The third-order valence-electron chi connectivity index (χ3n) is 4.19. The van der Waals surface area contributed by atoms with Gasteiger partial charge in [0.2, 0.25) is 0 Å². The standard InChI is InChI=1S/C20H36N4O2.HI/c1-16(2)11-13-26-14-12-22-20(21-3)23-15-19(24(4)5)17-7-9-18(25-6)10-8-17;/h7-10,16,19H,11-15H2,1-6H3,(H2,21,22,23);1H. The third kappa shape index (κ3) is 10.8. The summed E-state index contributed by atoms with van der Waals surface area (Å²) in [5, 5.41) is 6.69. The minimum atomic E-state index is 0. The zero-order valence-corrected chi connectivity index (χ0v) is 19.9. The van der Waals surface area contributed by atoms with E-state index in [9.17, 15) is 0 Å². The first-order valence-corrected chi connectivity index (χ1v) is 9.30. The van der Waals surface area contributed by atoms with Crippen molar-refractivity contribution < 1.29 is 9.47 Å². The summed E-state index contributed by atoms with van der Waals surface area (Å²) in [7, 11) is 7.62. The Labute approximate surface area is 182 Å². The van der Waals surface area contributed by atoms with Crippen LogP contribution >= 0.6 is 24.0 Å². The molecule has 0 amide bonds. The van der Waals surface area contributed by atoms with Gasteiger partial charge in [0.1, 0.15) is 5.75 Å². The maximum absolute atomic E-state index is 5.63. The number of hydrogen-bond acceptors (Lipinski definition) is 4. The van der Waals surface area contributed by atoms with Crippen molar-refractivity contribution in [3.63, 3.8) is 0 Å². The molecule has 0 aromatic heterocycles. The minimum Gasteiger partial charge on any atom is -0.497 e. The van der Waals surface area contributed by atoms with E-state index in [1.54, 1.807) is 14.2 Å². The van der Waals surface area contributed by atoms with E-state index >= 15 is 0 Å². The van der Waals surface area contributed by atoms with Crippen LogP contribution in [0.2, 0.25) is 0 Å². The van der Waals surface area contributed by atoms with E-state index in [0.717, 1.165) is 37.8 Å². The van der Waals surface area contributed by atoms with Gasteiger partial charge in [-0.05, 0) is 44.1 Å². The molecular formula is C20H37IN4O2. The van der Waals surface area contributed by atoms with Gasteiger partial charge in [-0.15, -0.1) is 24.0 Å². The smallest absolute Gasteiger partial charge is 0.191 e. The lowest BCUT2D eigenvalue weighted by Gasteiger charge is -2.26. The molecule has 0 saturated heterocycles. The molecule has 6 nitrogen and oxygen atoms in total.